The van der Waals surface area contributed by atoms with Gasteiger partial charge in [-0.2, -0.15) is 0 Å². The van der Waals surface area contributed by atoms with E-state index in [4.69, 9.17) is 10.5 Å². The Balaban J connectivity index is 1.64. The van der Waals surface area contributed by atoms with Crippen molar-refractivity contribution < 1.29 is 9.53 Å². The molecule has 0 aromatic heterocycles. The lowest BCUT2D eigenvalue weighted by atomic mass is 9.96. The SMILES string of the molecule is C[C@H](Nc1ccccc1CN1CCC[C@H](C(N)=O)C1)[C@@H]1CCOC1. The van der Waals surface area contributed by atoms with Crippen LogP contribution < -0.4 is 11.1 Å². The lowest BCUT2D eigenvalue weighted by Gasteiger charge is -2.32. The van der Waals surface area contributed by atoms with Gasteiger partial charge < -0.3 is 15.8 Å². The number of amides is 1. The van der Waals surface area contributed by atoms with Crippen LogP contribution in [0.4, 0.5) is 5.69 Å². The van der Waals surface area contributed by atoms with Gasteiger partial charge in [0.15, 0.2) is 0 Å². The largest absolute Gasteiger partial charge is 0.382 e. The highest BCUT2D eigenvalue weighted by atomic mass is 16.5. The zero-order valence-electron chi connectivity index (χ0n) is 14.5. The van der Waals surface area contributed by atoms with Crippen LogP contribution in [-0.4, -0.2) is 43.2 Å². The molecule has 0 saturated carbocycles. The van der Waals surface area contributed by atoms with E-state index >= 15 is 0 Å². The van der Waals surface area contributed by atoms with Crippen LogP contribution in [0.5, 0.6) is 0 Å². The maximum absolute atomic E-state index is 11.5. The third kappa shape index (κ3) is 4.28. The number of primary amides is 1. The average molecular weight is 331 g/mol. The second kappa shape index (κ2) is 7.99. The minimum Gasteiger partial charge on any atom is -0.382 e. The summed E-state index contributed by atoms with van der Waals surface area (Å²) < 4.78 is 5.51. The number of likely N-dealkylation sites (tertiary alicyclic amines) is 1. The van der Waals surface area contributed by atoms with E-state index in [9.17, 15) is 4.79 Å². The number of piperidine rings is 1. The lowest BCUT2D eigenvalue weighted by Crippen LogP contribution is -2.40. The summed E-state index contributed by atoms with van der Waals surface area (Å²) >= 11 is 0. The number of hydrogen-bond acceptors (Lipinski definition) is 4. The van der Waals surface area contributed by atoms with Crippen molar-refractivity contribution in [2.75, 3.05) is 31.6 Å². The third-order valence-electron chi connectivity index (χ3n) is 5.37. The van der Waals surface area contributed by atoms with Crippen LogP contribution in [0.15, 0.2) is 24.3 Å². The molecule has 3 N–H and O–H groups in total. The first kappa shape index (κ1) is 17.2. The van der Waals surface area contributed by atoms with E-state index in [1.807, 2.05) is 0 Å². The van der Waals surface area contributed by atoms with Gasteiger partial charge >= 0.3 is 0 Å². The van der Waals surface area contributed by atoms with Crippen molar-refractivity contribution in [2.45, 2.75) is 38.8 Å². The quantitative estimate of drug-likeness (QED) is 0.839. The molecule has 2 aliphatic rings. The number of benzene rings is 1. The van der Waals surface area contributed by atoms with Crippen LogP contribution in [0.2, 0.25) is 0 Å². The van der Waals surface area contributed by atoms with Gasteiger partial charge in [0.1, 0.15) is 0 Å². The van der Waals surface area contributed by atoms with Gasteiger partial charge in [-0.15, -0.1) is 0 Å². The molecule has 2 fully saturated rings. The molecule has 132 valence electrons. The number of nitrogens with zero attached hydrogens (tertiary/aromatic N) is 1. The molecule has 0 aliphatic carbocycles. The number of anilines is 1. The predicted octanol–water partition coefficient (Wildman–Crippen LogP) is 2.22. The van der Waals surface area contributed by atoms with E-state index in [0.717, 1.165) is 52.1 Å². The van der Waals surface area contributed by atoms with E-state index < -0.39 is 0 Å². The maximum Gasteiger partial charge on any atom is 0.221 e. The first-order valence-electron chi connectivity index (χ1n) is 9.07. The monoisotopic (exact) mass is 331 g/mol. The Bertz CT molecular complexity index is 557. The van der Waals surface area contributed by atoms with Gasteiger partial charge in [-0.1, -0.05) is 18.2 Å². The molecule has 5 nitrogen and oxygen atoms in total. The van der Waals surface area contributed by atoms with Crippen molar-refractivity contribution in [1.82, 2.24) is 4.90 Å². The number of nitrogens with one attached hydrogen (secondary N) is 1. The topological polar surface area (TPSA) is 67.6 Å². The van der Waals surface area contributed by atoms with Crippen molar-refractivity contribution >= 4 is 11.6 Å². The Hall–Kier alpha value is -1.59. The second-order valence-corrected chi connectivity index (χ2v) is 7.19. The number of ether oxygens (including phenoxy) is 1. The molecule has 3 atom stereocenters. The fourth-order valence-electron chi connectivity index (χ4n) is 3.78. The van der Waals surface area contributed by atoms with Crippen molar-refractivity contribution in [3.05, 3.63) is 29.8 Å². The highest BCUT2D eigenvalue weighted by Gasteiger charge is 2.25. The van der Waals surface area contributed by atoms with Crippen molar-refractivity contribution in [1.29, 1.82) is 0 Å². The number of hydrogen-bond donors (Lipinski definition) is 2. The Morgan fingerprint density at radius 2 is 2.25 bits per heavy atom. The normalized spacial score (nSPS) is 26.2. The maximum atomic E-state index is 11.5. The van der Waals surface area contributed by atoms with Crippen LogP contribution >= 0.6 is 0 Å². The standard InChI is InChI=1S/C19H29N3O2/c1-14(17-8-10-24-13-17)21-18-7-3-2-5-15(18)11-22-9-4-6-16(12-22)19(20)23/h2-3,5,7,14,16-17,21H,4,6,8-13H2,1H3,(H2,20,23)/t14-,16-,17+/m0/s1. The van der Waals surface area contributed by atoms with Gasteiger partial charge in [-0.25, -0.2) is 0 Å². The first-order chi connectivity index (χ1) is 11.6. The summed E-state index contributed by atoms with van der Waals surface area (Å²) in [5.74, 6) is 0.404. The number of para-hydroxylation sites is 1. The van der Waals surface area contributed by atoms with Gasteiger partial charge in [0.25, 0.3) is 0 Å². The number of carbonyl (C=O) groups excluding carboxylic acids is 1. The molecule has 0 radical (unpaired) electrons. The molecule has 0 spiro atoms. The molecule has 1 aromatic rings. The summed E-state index contributed by atoms with van der Waals surface area (Å²) in [6.07, 6.45) is 3.09. The molecule has 24 heavy (non-hydrogen) atoms. The zero-order chi connectivity index (χ0) is 16.9. The average Bonchev–Trinajstić information content (AvgIpc) is 3.11. The van der Waals surface area contributed by atoms with E-state index in [1.165, 1.54) is 11.3 Å². The molecule has 0 bridgehead atoms. The molecule has 2 heterocycles. The minimum atomic E-state index is -0.166. The number of carbonyl (C=O) groups is 1. The Kier molecular flexibility index (Phi) is 5.74. The van der Waals surface area contributed by atoms with Gasteiger partial charge in [-0.3, -0.25) is 9.69 Å². The van der Waals surface area contributed by atoms with Gasteiger partial charge in [0.05, 0.1) is 12.5 Å². The fraction of sp³-hybridized carbons (Fsp3) is 0.632. The fourth-order valence-corrected chi connectivity index (χ4v) is 3.78. The Morgan fingerprint density at radius 1 is 1.42 bits per heavy atom. The highest BCUT2D eigenvalue weighted by Crippen LogP contribution is 2.25. The summed E-state index contributed by atoms with van der Waals surface area (Å²) in [7, 11) is 0. The predicted molar refractivity (Wildman–Crippen MR) is 95.6 cm³/mol. The summed E-state index contributed by atoms with van der Waals surface area (Å²) in [4.78, 5) is 13.8. The Morgan fingerprint density at radius 3 is 3.00 bits per heavy atom. The summed E-state index contributed by atoms with van der Waals surface area (Å²) in [5, 5.41) is 3.68. The smallest absolute Gasteiger partial charge is 0.221 e. The molecule has 5 heteroatoms. The van der Waals surface area contributed by atoms with E-state index in [2.05, 4.69) is 41.4 Å². The number of rotatable bonds is 6. The van der Waals surface area contributed by atoms with E-state index in [0.29, 0.717) is 12.0 Å². The summed E-state index contributed by atoms with van der Waals surface area (Å²) in [6.45, 7) is 6.63. The molecule has 2 aliphatic heterocycles. The van der Waals surface area contributed by atoms with E-state index in [1.54, 1.807) is 0 Å². The highest BCUT2D eigenvalue weighted by molar-refractivity contribution is 5.76. The second-order valence-electron chi connectivity index (χ2n) is 7.19. The summed E-state index contributed by atoms with van der Waals surface area (Å²) in [5.41, 5.74) is 7.98. The van der Waals surface area contributed by atoms with E-state index in [-0.39, 0.29) is 11.8 Å². The van der Waals surface area contributed by atoms with Crippen LogP contribution in [0.3, 0.4) is 0 Å². The zero-order valence-corrected chi connectivity index (χ0v) is 14.5. The van der Waals surface area contributed by atoms with Crippen LogP contribution in [-0.2, 0) is 16.1 Å². The van der Waals surface area contributed by atoms with Gasteiger partial charge in [0.2, 0.25) is 5.91 Å². The van der Waals surface area contributed by atoms with Crippen LogP contribution in [0.1, 0.15) is 31.7 Å². The van der Waals surface area contributed by atoms with Gasteiger partial charge in [-0.05, 0) is 44.4 Å². The third-order valence-corrected chi connectivity index (χ3v) is 5.37. The molecule has 0 unspecified atom stereocenters. The lowest BCUT2D eigenvalue weighted by molar-refractivity contribution is -0.123. The molecular formula is C19H29N3O2. The molecule has 3 rings (SSSR count). The van der Waals surface area contributed by atoms with Gasteiger partial charge in [0, 0.05) is 37.3 Å². The summed E-state index contributed by atoms with van der Waals surface area (Å²) in [6, 6.07) is 8.88. The molecule has 1 amide bonds. The molecule has 2 saturated heterocycles. The van der Waals surface area contributed by atoms with Crippen LogP contribution in [0, 0.1) is 11.8 Å². The minimum absolute atomic E-state index is 0.00608. The van der Waals surface area contributed by atoms with Crippen LogP contribution in [0.25, 0.3) is 0 Å². The van der Waals surface area contributed by atoms with Crippen molar-refractivity contribution in [3.63, 3.8) is 0 Å². The first-order valence-corrected chi connectivity index (χ1v) is 9.07. The van der Waals surface area contributed by atoms with Crippen molar-refractivity contribution in [2.24, 2.45) is 17.6 Å². The Labute approximate surface area is 144 Å². The number of nitrogens with two attached hydrogens (primary N) is 1. The van der Waals surface area contributed by atoms with Crippen molar-refractivity contribution in [3.8, 4) is 0 Å². The molecule has 1 aromatic carbocycles. The molecular weight excluding hydrogens is 302 g/mol.